The fraction of sp³-hybridized carbons (Fsp3) is 0.200. The van der Waals surface area contributed by atoms with Gasteiger partial charge in [-0.15, -0.1) is 0 Å². The van der Waals surface area contributed by atoms with Crippen LogP contribution in [0.3, 0.4) is 0 Å². The normalized spacial score (nSPS) is 20.4. The highest BCUT2D eigenvalue weighted by Crippen LogP contribution is 2.43. The van der Waals surface area contributed by atoms with Gasteiger partial charge in [0.05, 0.1) is 5.69 Å². The molecule has 0 aliphatic heterocycles. The minimum absolute atomic E-state index is 0.00129. The first kappa shape index (κ1) is 12.5. The second-order valence-corrected chi connectivity index (χ2v) is 4.94. The maximum Gasteiger partial charge on any atom is 0.354 e. The van der Waals surface area contributed by atoms with Crippen LogP contribution in [0.2, 0.25) is 0 Å². The Morgan fingerprint density at radius 3 is 2.70 bits per heavy atom. The van der Waals surface area contributed by atoms with Crippen LogP contribution in [-0.4, -0.2) is 22.1 Å². The van der Waals surface area contributed by atoms with Crippen molar-refractivity contribution in [2.24, 2.45) is 0 Å². The number of hydrogen-bond donors (Lipinski definition) is 3. The Kier molecular flexibility index (Phi) is 3.02. The van der Waals surface area contributed by atoms with Crippen LogP contribution in [0.5, 0.6) is 0 Å². The van der Waals surface area contributed by atoms with Crippen molar-refractivity contribution in [3.63, 3.8) is 0 Å². The molecule has 1 saturated carbocycles. The van der Waals surface area contributed by atoms with E-state index in [1.54, 1.807) is 6.07 Å². The van der Waals surface area contributed by atoms with E-state index in [0.717, 1.165) is 6.42 Å². The summed E-state index contributed by atoms with van der Waals surface area (Å²) in [5.74, 6) is -0.164. The number of rotatable bonds is 4. The van der Waals surface area contributed by atoms with E-state index >= 15 is 0 Å². The smallest absolute Gasteiger partial charge is 0.354 e. The number of carboxylic acids is 1. The molecule has 1 aliphatic carbocycles. The van der Waals surface area contributed by atoms with E-state index in [2.05, 4.69) is 22.4 Å². The van der Waals surface area contributed by atoms with Crippen LogP contribution in [0.1, 0.15) is 28.4 Å². The van der Waals surface area contributed by atoms with Crippen LogP contribution in [-0.2, 0) is 0 Å². The zero-order chi connectivity index (χ0) is 14.1. The first-order chi connectivity index (χ1) is 9.65. The van der Waals surface area contributed by atoms with Crippen molar-refractivity contribution in [2.45, 2.75) is 18.4 Å². The molecule has 1 aromatic heterocycles. The highest BCUT2D eigenvalue weighted by Gasteiger charge is 2.38. The minimum Gasteiger partial charge on any atom is -0.477 e. The predicted octanol–water partition coefficient (Wildman–Crippen LogP) is 2.33. The molecule has 0 saturated heterocycles. The summed E-state index contributed by atoms with van der Waals surface area (Å²) >= 11 is 0. The SMILES string of the molecule is Nc1ccc(C(=O)O)nc1NC1CC1c1ccccc1. The lowest BCUT2D eigenvalue weighted by molar-refractivity contribution is 0.0690. The van der Waals surface area contributed by atoms with Crippen molar-refractivity contribution < 1.29 is 9.90 Å². The molecule has 5 heteroatoms. The first-order valence-corrected chi connectivity index (χ1v) is 6.46. The molecule has 1 fully saturated rings. The van der Waals surface area contributed by atoms with E-state index in [0.29, 0.717) is 17.4 Å². The molecule has 1 aliphatic rings. The van der Waals surface area contributed by atoms with Crippen LogP contribution < -0.4 is 11.1 Å². The van der Waals surface area contributed by atoms with Crippen molar-refractivity contribution in [2.75, 3.05) is 11.1 Å². The Bertz CT molecular complexity index is 643. The van der Waals surface area contributed by atoms with Gasteiger partial charge in [0.25, 0.3) is 0 Å². The molecule has 1 aromatic carbocycles. The molecule has 2 aromatic rings. The number of aromatic nitrogens is 1. The third kappa shape index (κ3) is 2.42. The van der Waals surface area contributed by atoms with Gasteiger partial charge in [0.2, 0.25) is 0 Å². The summed E-state index contributed by atoms with van der Waals surface area (Å²) < 4.78 is 0. The number of benzene rings is 1. The lowest BCUT2D eigenvalue weighted by Crippen LogP contribution is -2.11. The Morgan fingerprint density at radius 2 is 2.00 bits per heavy atom. The molecule has 0 spiro atoms. The van der Waals surface area contributed by atoms with E-state index in [-0.39, 0.29) is 11.7 Å². The highest BCUT2D eigenvalue weighted by atomic mass is 16.4. The molecule has 0 radical (unpaired) electrons. The van der Waals surface area contributed by atoms with Gasteiger partial charge in [-0.1, -0.05) is 30.3 Å². The molecule has 4 N–H and O–H groups in total. The molecule has 2 atom stereocenters. The summed E-state index contributed by atoms with van der Waals surface area (Å²) in [7, 11) is 0. The summed E-state index contributed by atoms with van der Waals surface area (Å²) in [6.07, 6.45) is 1.00. The predicted molar refractivity (Wildman–Crippen MR) is 76.8 cm³/mol. The first-order valence-electron chi connectivity index (χ1n) is 6.46. The summed E-state index contributed by atoms with van der Waals surface area (Å²) in [6, 6.07) is 13.4. The quantitative estimate of drug-likeness (QED) is 0.792. The summed E-state index contributed by atoms with van der Waals surface area (Å²) in [6.45, 7) is 0. The molecule has 0 amide bonds. The molecule has 20 heavy (non-hydrogen) atoms. The molecule has 0 bridgehead atoms. The van der Waals surface area contributed by atoms with Crippen LogP contribution in [0.25, 0.3) is 0 Å². The molecule has 2 unspecified atom stereocenters. The number of carbonyl (C=O) groups is 1. The number of nitrogens with two attached hydrogens (primary N) is 1. The molecular weight excluding hydrogens is 254 g/mol. The Balaban J connectivity index is 1.74. The Labute approximate surface area is 116 Å². The zero-order valence-corrected chi connectivity index (χ0v) is 10.8. The lowest BCUT2D eigenvalue weighted by Gasteiger charge is -2.09. The molecule has 5 nitrogen and oxygen atoms in total. The number of nitrogens with one attached hydrogen (secondary N) is 1. The number of anilines is 2. The lowest BCUT2D eigenvalue weighted by atomic mass is 10.1. The zero-order valence-electron chi connectivity index (χ0n) is 10.8. The van der Waals surface area contributed by atoms with E-state index in [1.165, 1.54) is 11.6 Å². The average Bonchev–Trinajstić information content (AvgIpc) is 3.21. The second kappa shape index (κ2) is 4.85. The van der Waals surface area contributed by atoms with Crippen molar-refractivity contribution >= 4 is 17.5 Å². The van der Waals surface area contributed by atoms with E-state index in [9.17, 15) is 4.79 Å². The van der Waals surface area contributed by atoms with Crippen LogP contribution in [0, 0.1) is 0 Å². The van der Waals surface area contributed by atoms with Crippen LogP contribution in [0.4, 0.5) is 11.5 Å². The van der Waals surface area contributed by atoms with Gasteiger partial charge < -0.3 is 16.2 Å². The van der Waals surface area contributed by atoms with Gasteiger partial charge in [-0.2, -0.15) is 0 Å². The minimum atomic E-state index is -1.05. The van der Waals surface area contributed by atoms with Crippen molar-refractivity contribution in [3.8, 4) is 0 Å². The fourth-order valence-electron chi connectivity index (χ4n) is 2.30. The number of carboxylic acid groups (broad SMARTS) is 1. The number of aromatic carboxylic acids is 1. The van der Waals surface area contributed by atoms with Gasteiger partial charge in [-0.25, -0.2) is 9.78 Å². The van der Waals surface area contributed by atoms with E-state index in [1.807, 2.05) is 18.2 Å². The standard InChI is InChI=1S/C15H15N3O2/c16-11-6-7-12(15(19)20)17-14(11)18-13-8-10(13)9-4-2-1-3-5-9/h1-7,10,13H,8,16H2,(H,17,18)(H,19,20). The highest BCUT2D eigenvalue weighted by molar-refractivity contribution is 5.86. The second-order valence-electron chi connectivity index (χ2n) is 4.94. The van der Waals surface area contributed by atoms with Gasteiger partial charge in [-0.05, 0) is 24.1 Å². The molecular formula is C15H15N3O2. The molecule has 102 valence electrons. The number of pyridine rings is 1. The topological polar surface area (TPSA) is 88.2 Å². The van der Waals surface area contributed by atoms with E-state index < -0.39 is 5.97 Å². The van der Waals surface area contributed by atoms with Crippen molar-refractivity contribution in [1.82, 2.24) is 4.98 Å². The maximum absolute atomic E-state index is 10.9. The third-order valence-electron chi connectivity index (χ3n) is 3.49. The number of hydrogen-bond acceptors (Lipinski definition) is 4. The number of nitrogens with zero attached hydrogens (tertiary/aromatic N) is 1. The van der Waals surface area contributed by atoms with Gasteiger partial charge in [0.15, 0.2) is 5.69 Å². The summed E-state index contributed by atoms with van der Waals surface area (Å²) in [5, 5.41) is 12.2. The molecule has 3 rings (SSSR count). The Morgan fingerprint density at radius 1 is 1.25 bits per heavy atom. The van der Waals surface area contributed by atoms with Gasteiger partial charge in [-0.3, -0.25) is 0 Å². The third-order valence-corrected chi connectivity index (χ3v) is 3.49. The van der Waals surface area contributed by atoms with Gasteiger partial charge in [0, 0.05) is 12.0 Å². The monoisotopic (exact) mass is 269 g/mol. The van der Waals surface area contributed by atoms with Crippen LogP contribution in [0.15, 0.2) is 42.5 Å². The summed E-state index contributed by atoms with van der Waals surface area (Å²) in [5.41, 5.74) is 7.57. The fourth-order valence-corrected chi connectivity index (χ4v) is 2.30. The van der Waals surface area contributed by atoms with E-state index in [4.69, 9.17) is 10.8 Å². The number of nitrogen functional groups attached to an aromatic ring is 1. The van der Waals surface area contributed by atoms with Gasteiger partial charge >= 0.3 is 5.97 Å². The summed E-state index contributed by atoms with van der Waals surface area (Å²) in [4.78, 5) is 15.0. The Hall–Kier alpha value is -2.56. The molecule has 1 heterocycles. The largest absolute Gasteiger partial charge is 0.477 e. The van der Waals surface area contributed by atoms with Crippen molar-refractivity contribution in [1.29, 1.82) is 0 Å². The average molecular weight is 269 g/mol. The van der Waals surface area contributed by atoms with Gasteiger partial charge in [0.1, 0.15) is 5.82 Å². The maximum atomic E-state index is 10.9. The van der Waals surface area contributed by atoms with Crippen molar-refractivity contribution in [3.05, 3.63) is 53.7 Å². The van der Waals surface area contributed by atoms with Crippen LogP contribution >= 0.6 is 0 Å².